The van der Waals surface area contributed by atoms with Crippen LogP contribution in [0.1, 0.15) is 6.92 Å². The van der Waals surface area contributed by atoms with Gasteiger partial charge in [-0.1, -0.05) is 0 Å². The Hall–Kier alpha value is -0.0500. The largest absolute Gasteiger partial charge is 0.469 e. The summed E-state index contributed by atoms with van der Waals surface area (Å²) in [4.78, 5) is 15.8. The van der Waals surface area contributed by atoms with Crippen molar-refractivity contribution in [1.82, 2.24) is 0 Å². The summed E-state index contributed by atoms with van der Waals surface area (Å²) in [6.07, 6.45) is 0. The highest BCUT2D eigenvalue weighted by atomic mass is 31.2. The molecule has 0 aromatic heterocycles. The van der Waals surface area contributed by atoms with Crippen molar-refractivity contribution in [2.45, 2.75) is 12.5 Å². The van der Waals surface area contributed by atoms with Gasteiger partial charge in [-0.2, -0.15) is 0 Å². The van der Waals surface area contributed by atoms with Crippen molar-refractivity contribution in [3.8, 4) is 0 Å². The van der Waals surface area contributed by atoms with E-state index in [1.54, 1.807) is 0 Å². The number of hydrogen-bond donors (Lipinski definition) is 6. The SMILES string of the molecule is CCOP(=O)(O)O.NC(CO)(CO)CO. The lowest BCUT2D eigenvalue weighted by Crippen LogP contribution is -2.50. The predicted octanol–water partition coefficient (Wildman–Crippen LogP) is -2.22. The molecule has 0 fully saturated rings. The molecule has 0 radical (unpaired) electrons. The fourth-order valence-corrected chi connectivity index (χ4v) is 0.655. The van der Waals surface area contributed by atoms with Crippen molar-refractivity contribution in [2.24, 2.45) is 5.73 Å². The van der Waals surface area contributed by atoms with Crippen LogP contribution in [0.4, 0.5) is 0 Å². The molecule has 0 saturated carbocycles. The molecule has 7 N–H and O–H groups in total. The summed E-state index contributed by atoms with van der Waals surface area (Å²) < 4.78 is 13.6. The molecule has 8 nitrogen and oxygen atoms in total. The number of nitrogens with two attached hydrogens (primary N) is 1. The standard InChI is InChI=1S/C4H11NO3.C2H7O4P/c5-4(1-6,2-7)3-8;1-2-6-7(3,4)5/h6-8H,1-3,5H2;2H2,1H3,(H2,3,4,5). The van der Waals surface area contributed by atoms with Gasteiger partial charge in [0, 0.05) is 0 Å². The van der Waals surface area contributed by atoms with Gasteiger partial charge in [0.2, 0.25) is 0 Å². The monoisotopic (exact) mass is 247 g/mol. The third kappa shape index (κ3) is 11.9. The molecule has 0 aliphatic carbocycles. The first-order valence-electron chi connectivity index (χ1n) is 4.06. The number of phosphoric acid groups is 1. The molecule has 0 aromatic rings. The highest BCUT2D eigenvalue weighted by Gasteiger charge is 2.20. The van der Waals surface area contributed by atoms with E-state index < -0.39 is 33.2 Å². The van der Waals surface area contributed by atoms with Crippen LogP contribution in [0, 0.1) is 0 Å². The van der Waals surface area contributed by atoms with Crippen molar-refractivity contribution < 1.29 is 34.2 Å². The van der Waals surface area contributed by atoms with Crippen LogP contribution >= 0.6 is 7.82 Å². The first-order chi connectivity index (χ1) is 6.74. The Kier molecular flexibility index (Phi) is 9.42. The van der Waals surface area contributed by atoms with Crippen molar-refractivity contribution in [3.63, 3.8) is 0 Å². The maximum atomic E-state index is 9.70. The van der Waals surface area contributed by atoms with Gasteiger partial charge in [0.05, 0.1) is 32.0 Å². The summed E-state index contributed by atoms with van der Waals surface area (Å²) in [5, 5.41) is 25.0. The number of phosphoric ester groups is 1. The number of hydrogen-bond acceptors (Lipinski definition) is 6. The summed E-state index contributed by atoms with van der Waals surface area (Å²) in [5.74, 6) is 0. The van der Waals surface area contributed by atoms with Gasteiger partial charge in [0.1, 0.15) is 0 Å². The Morgan fingerprint density at radius 1 is 1.20 bits per heavy atom. The average Bonchev–Trinajstić information content (AvgIpc) is 2.16. The number of aliphatic hydroxyl groups excluding tert-OH is 3. The molecule has 0 bridgehead atoms. The van der Waals surface area contributed by atoms with Gasteiger partial charge < -0.3 is 30.8 Å². The van der Waals surface area contributed by atoms with Crippen LogP contribution in [0.2, 0.25) is 0 Å². The van der Waals surface area contributed by atoms with Crippen molar-refractivity contribution in [2.75, 3.05) is 26.4 Å². The fraction of sp³-hybridized carbons (Fsp3) is 1.00. The minimum absolute atomic E-state index is 0.0459. The molecule has 0 saturated heterocycles. The van der Waals surface area contributed by atoms with Crippen LogP contribution in [0.5, 0.6) is 0 Å². The quantitative estimate of drug-likeness (QED) is 0.298. The molecule has 0 aliphatic heterocycles. The van der Waals surface area contributed by atoms with Gasteiger partial charge in [-0.15, -0.1) is 0 Å². The lowest BCUT2D eigenvalue weighted by Gasteiger charge is -2.20. The summed E-state index contributed by atoms with van der Waals surface area (Å²) in [7, 11) is -4.17. The summed E-state index contributed by atoms with van der Waals surface area (Å²) in [6.45, 7) is 0.351. The van der Waals surface area contributed by atoms with Gasteiger partial charge in [0.25, 0.3) is 0 Å². The van der Waals surface area contributed by atoms with Crippen LogP contribution in [0.25, 0.3) is 0 Å². The van der Waals surface area contributed by atoms with Gasteiger partial charge in [-0.25, -0.2) is 4.57 Å². The molecular weight excluding hydrogens is 229 g/mol. The second-order valence-corrected chi connectivity index (χ2v) is 3.98. The minimum atomic E-state index is -4.17. The summed E-state index contributed by atoms with van der Waals surface area (Å²) >= 11 is 0. The van der Waals surface area contributed by atoms with E-state index in [1.165, 1.54) is 6.92 Å². The average molecular weight is 247 g/mol. The zero-order chi connectivity index (χ0) is 12.5. The van der Waals surface area contributed by atoms with E-state index in [0.29, 0.717) is 0 Å². The molecule has 0 aliphatic rings. The molecule has 0 spiro atoms. The Bertz CT molecular complexity index is 182. The first kappa shape index (κ1) is 17.3. The molecule has 0 unspecified atom stereocenters. The Morgan fingerprint density at radius 2 is 1.53 bits per heavy atom. The lowest BCUT2D eigenvalue weighted by atomic mass is 10.1. The van der Waals surface area contributed by atoms with Crippen LogP contribution < -0.4 is 5.73 Å². The third-order valence-electron chi connectivity index (χ3n) is 1.24. The van der Waals surface area contributed by atoms with E-state index in [2.05, 4.69) is 4.52 Å². The highest BCUT2D eigenvalue weighted by molar-refractivity contribution is 7.46. The predicted molar refractivity (Wildman–Crippen MR) is 51.8 cm³/mol. The Labute approximate surface area is 87.5 Å². The smallest absolute Gasteiger partial charge is 0.394 e. The zero-order valence-electron chi connectivity index (χ0n) is 8.41. The third-order valence-corrected chi connectivity index (χ3v) is 1.84. The van der Waals surface area contributed by atoms with E-state index in [-0.39, 0.29) is 6.61 Å². The van der Waals surface area contributed by atoms with Crippen molar-refractivity contribution >= 4 is 7.82 Å². The number of aliphatic hydroxyl groups is 3. The van der Waals surface area contributed by atoms with E-state index in [4.69, 9.17) is 30.8 Å². The van der Waals surface area contributed by atoms with E-state index in [0.717, 1.165) is 0 Å². The van der Waals surface area contributed by atoms with Crippen LogP contribution in [0.15, 0.2) is 0 Å². The summed E-state index contributed by atoms with van der Waals surface area (Å²) in [5.41, 5.74) is 3.94. The number of rotatable bonds is 5. The topological polar surface area (TPSA) is 153 Å². The van der Waals surface area contributed by atoms with E-state index >= 15 is 0 Å². The van der Waals surface area contributed by atoms with Crippen molar-refractivity contribution in [3.05, 3.63) is 0 Å². The highest BCUT2D eigenvalue weighted by Crippen LogP contribution is 2.34. The minimum Gasteiger partial charge on any atom is -0.394 e. The van der Waals surface area contributed by atoms with E-state index in [1.807, 2.05) is 0 Å². The Balaban J connectivity index is 0. The first-order valence-corrected chi connectivity index (χ1v) is 5.59. The molecule has 9 heteroatoms. The molecule has 0 rings (SSSR count). The lowest BCUT2D eigenvalue weighted by molar-refractivity contribution is 0.0697. The second-order valence-electron chi connectivity index (χ2n) is 2.75. The Morgan fingerprint density at radius 3 is 1.53 bits per heavy atom. The van der Waals surface area contributed by atoms with Crippen LogP contribution in [0.3, 0.4) is 0 Å². The maximum Gasteiger partial charge on any atom is 0.469 e. The zero-order valence-corrected chi connectivity index (χ0v) is 9.30. The van der Waals surface area contributed by atoms with Crippen LogP contribution in [-0.4, -0.2) is 57.1 Å². The van der Waals surface area contributed by atoms with Gasteiger partial charge >= 0.3 is 7.82 Å². The summed E-state index contributed by atoms with van der Waals surface area (Å²) in [6, 6.07) is 0. The van der Waals surface area contributed by atoms with Gasteiger partial charge in [-0.3, -0.25) is 4.52 Å². The fourth-order valence-electron chi connectivity index (χ4n) is 0.318. The van der Waals surface area contributed by atoms with E-state index in [9.17, 15) is 4.57 Å². The normalized spacial score (nSPS) is 11.9. The maximum absolute atomic E-state index is 9.70. The second kappa shape index (κ2) is 8.14. The molecule has 0 aromatic carbocycles. The molecule has 15 heavy (non-hydrogen) atoms. The molecule has 0 heterocycles. The van der Waals surface area contributed by atoms with Gasteiger partial charge in [0.15, 0.2) is 0 Å². The molecule has 94 valence electrons. The molecule has 0 atom stereocenters. The molecular formula is C6H18NO7P. The van der Waals surface area contributed by atoms with Crippen molar-refractivity contribution in [1.29, 1.82) is 0 Å². The molecule has 0 amide bonds. The van der Waals surface area contributed by atoms with Crippen LogP contribution in [-0.2, 0) is 9.09 Å². The van der Waals surface area contributed by atoms with Gasteiger partial charge in [-0.05, 0) is 6.92 Å².